The van der Waals surface area contributed by atoms with Gasteiger partial charge in [0.1, 0.15) is 0 Å². The van der Waals surface area contributed by atoms with Crippen LogP contribution < -0.4 is 0 Å². The molecule has 0 N–H and O–H groups in total. The molecule has 0 bridgehead atoms. The Morgan fingerprint density at radius 3 is 2.22 bits per heavy atom. The van der Waals surface area contributed by atoms with Gasteiger partial charge in [0, 0.05) is 5.75 Å². The first kappa shape index (κ1) is 8.84. The molecule has 0 radical (unpaired) electrons. The zero-order valence-electron chi connectivity index (χ0n) is 4.84. The predicted octanol–water partition coefficient (Wildman–Crippen LogP) is 0.281. The highest BCUT2D eigenvalue weighted by molar-refractivity contribution is 7.85. The van der Waals surface area contributed by atoms with Crippen molar-refractivity contribution in [1.82, 2.24) is 0 Å². The summed E-state index contributed by atoms with van der Waals surface area (Å²) in [4.78, 5) is 0. The summed E-state index contributed by atoms with van der Waals surface area (Å²) < 4.78 is 40.8. The van der Waals surface area contributed by atoms with Crippen LogP contribution in [-0.4, -0.2) is 25.4 Å². The van der Waals surface area contributed by atoms with Crippen LogP contribution in [0.5, 0.6) is 0 Å². The fourth-order valence-corrected chi connectivity index (χ4v) is 0.931. The SMILES string of the molecule is O=S(=O)([O-])CCCCF. The number of hydrogen-bond donors (Lipinski definition) is 0. The Balaban J connectivity index is 3.30. The third-order valence-corrected chi connectivity index (χ3v) is 1.57. The fourth-order valence-electron chi connectivity index (χ4n) is 0.373. The van der Waals surface area contributed by atoms with Crippen LogP contribution in [0, 0.1) is 0 Å². The summed E-state index contributed by atoms with van der Waals surface area (Å²) in [7, 11) is -4.11. The first-order chi connectivity index (χ1) is 4.06. The highest BCUT2D eigenvalue weighted by Crippen LogP contribution is 1.93. The van der Waals surface area contributed by atoms with Gasteiger partial charge in [0.05, 0.1) is 16.8 Å². The maximum Gasteiger partial charge on any atom is 0.0945 e. The lowest BCUT2D eigenvalue weighted by atomic mass is 10.4. The summed E-state index contributed by atoms with van der Waals surface area (Å²) in [6, 6.07) is 0. The van der Waals surface area contributed by atoms with Gasteiger partial charge in [-0.3, -0.25) is 4.39 Å². The van der Waals surface area contributed by atoms with Crippen molar-refractivity contribution in [3.05, 3.63) is 0 Å². The Bertz CT molecular complexity index is 151. The van der Waals surface area contributed by atoms with Gasteiger partial charge < -0.3 is 4.55 Å². The molecule has 0 heterocycles. The number of hydrogen-bond acceptors (Lipinski definition) is 3. The van der Waals surface area contributed by atoms with E-state index >= 15 is 0 Å². The Hall–Kier alpha value is -0.160. The second-order valence-corrected chi connectivity index (χ2v) is 3.18. The second kappa shape index (κ2) is 3.79. The van der Waals surface area contributed by atoms with Crippen LogP contribution in [0.4, 0.5) is 4.39 Å². The first-order valence-corrected chi connectivity index (χ1v) is 4.13. The van der Waals surface area contributed by atoms with Crippen molar-refractivity contribution in [2.24, 2.45) is 0 Å². The lowest BCUT2D eigenvalue weighted by Crippen LogP contribution is -2.03. The molecular formula is C4H8FO3S-. The van der Waals surface area contributed by atoms with Gasteiger partial charge in [-0.2, -0.15) is 0 Å². The van der Waals surface area contributed by atoms with E-state index in [0.29, 0.717) is 0 Å². The van der Waals surface area contributed by atoms with Crippen molar-refractivity contribution >= 4 is 10.1 Å². The third-order valence-electron chi connectivity index (χ3n) is 0.778. The molecular weight excluding hydrogens is 147 g/mol. The van der Waals surface area contributed by atoms with E-state index < -0.39 is 22.5 Å². The van der Waals surface area contributed by atoms with Crippen molar-refractivity contribution in [3.63, 3.8) is 0 Å². The van der Waals surface area contributed by atoms with Crippen LogP contribution in [0.3, 0.4) is 0 Å². The third kappa shape index (κ3) is 7.84. The lowest BCUT2D eigenvalue weighted by molar-refractivity contribution is 0.447. The first-order valence-electron chi connectivity index (χ1n) is 2.56. The average Bonchev–Trinajstić information content (AvgIpc) is 1.63. The molecule has 0 aromatic carbocycles. The van der Waals surface area contributed by atoms with E-state index in [4.69, 9.17) is 0 Å². The van der Waals surface area contributed by atoms with Crippen LogP contribution in [0.25, 0.3) is 0 Å². The van der Waals surface area contributed by atoms with Crippen molar-refractivity contribution in [2.75, 3.05) is 12.4 Å². The molecule has 5 heteroatoms. The van der Waals surface area contributed by atoms with E-state index in [2.05, 4.69) is 0 Å². The van der Waals surface area contributed by atoms with Crippen LogP contribution in [0.15, 0.2) is 0 Å². The van der Waals surface area contributed by atoms with Gasteiger partial charge in [-0.15, -0.1) is 0 Å². The lowest BCUT2D eigenvalue weighted by Gasteiger charge is -2.03. The van der Waals surface area contributed by atoms with Gasteiger partial charge in [-0.1, -0.05) is 0 Å². The molecule has 0 aromatic heterocycles. The fraction of sp³-hybridized carbons (Fsp3) is 1.00. The van der Waals surface area contributed by atoms with E-state index in [1.807, 2.05) is 0 Å². The Labute approximate surface area is 53.6 Å². The highest BCUT2D eigenvalue weighted by atomic mass is 32.2. The van der Waals surface area contributed by atoms with E-state index in [0.717, 1.165) is 0 Å². The van der Waals surface area contributed by atoms with Crippen molar-refractivity contribution in [1.29, 1.82) is 0 Å². The van der Waals surface area contributed by atoms with Crippen LogP contribution >= 0.6 is 0 Å². The molecule has 0 aromatic rings. The summed E-state index contributed by atoms with van der Waals surface area (Å²) in [5.41, 5.74) is 0. The quantitative estimate of drug-likeness (QED) is 0.433. The monoisotopic (exact) mass is 155 g/mol. The summed E-state index contributed by atoms with van der Waals surface area (Å²) in [6.45, 7) is -0.560. The van der Waals surface area contributed by atoms with Gasteiger partial charge in [0.15, 0.2) is 0 Å². The molecule has 56 valence electrons. The van der Waals surface area contributed by atoms with Crippen LogP contribution in [0.2, 0.25) is 0 Å². The molecule has 0 aliphatic heterocycles. The number of unbranched alkanes of at least 4 members (excludes halogenated alkanes) is 1. The standard InChI is InChI=1S/C4H9FO3S/c5-3-1-2-4-9(6,7)8/h1-4H2,(H,6,7,8)/p-1. The molecule has 9 heavy (non-hydrogen) atoms. The minimum Gasteiger partial charge on any atom is -0.748 e. The topological polar surface area (TPSA) is 57.2 Å². The van der Waals surface area contributed by atoms with Crippen molar-refractivity contribution < 1.29 is 17.4 Å². The molecule has 0 aliphatic carbocycles. The summed E-state index contributed by atoms with van der Waals surface area (Å²) in [5, 5.41) is 0. The molecule has 3 nitrogen and oxygen atoms in total. The van der Waals surface area contributed by atoms with Gasteiger partial charge in [0.2, 0.25) is 0 Å². The summed E-state index contributed by atoms with van der Waals surface area (Å²) in [6.07, 6.45) is 0.282. The normalized spacial score (nSPS) is 11.8. The van der Waals surface area contributed by atoms with Gasteiger partial charge >= 0.3 is 0 Å². The molecule has 0 aliphatic rings. The summed E-state index contributed by atoms with van der Waals surface area (Å²) in [5.74, 6) is -0.448. The predicted molar refractivity (Wildman–Crippen MR) is 29.8 cm³/mol. The van der Waals surface area contributed by atoms with Crippen molar-refractivity contribution in [2.45, 2.75) is 12.8 Å². The van der Waals surface area contributed by atoms with Gasteiger partial charge in [-0.05, 0) is 12.8 Å². The molecule has 0 atom stereocenters. The van der Waals surface area contributed by atoms with Crippen LogP contribution in [-0.2, 0) is 10.1 Å². The van der Waals surface area contributed by atoms with Crippen molar-refractivity contribution in [3.8, 4) is 0 Å². The Morgan fingerprint density at radius 1 is 1.33 bits per heavy atom. The zero-order valence-corrected chi connectivity index (χ0v) is 5.66. The zero-order chi connectivity index (χ0) is 7.33. The smallest absolute Gasteiger partial charge is 0.0945 e. The summed E-state index contributed by atoms with van der Waals surface area (Å²) >= 11 is 0. The Kier molecular flexibility index (Phi) is 3.72. The van der Waals surface area contributed by atoms with Crippen LogP contribution in [0.1, 0.15) is 12.8 Å². The maximum absolute atomic E-state index is 11.3. The van der Waals surface area contributed by atoms with E-state index in [-0.39, 0.29) is 12.8 Å². The molecule has 0 fully saturated rings. The average molecular weight is 155 g/mol. The maximum atomic E-state index is 11.3. The minimum atomic E-state index is -4.11. The highest BCUT2D eigenvalue weighted by Gasteiger charge is 1.93. The largest absolute Gasteiger partial charge is 0.748 e. The number of alkyl halides is 1. The minimum absolute atomic E-state index is 0.127. The molecule has 0 spiro atoms. The number of halogens is 1. The number of rotatable bonds is 4. The Morgan fingerprint density at radius 2 is 1.89 bits per heavy atom. The van der Waals surface area contributed by atoms with E-state index in [1.165, 1.54) is 0 Å². The van der Waals surface area contributed by atoms with E-state index in [1.54, 1.807) is 0 Å². The molecule has 0 rings (SSSR count). The van der Waals surface area contributed by atoms with Gasteiger partial charge in [-0.25, -0.2) is 8.42 Å². The molecule has 0 saturated carbocycles. The second-order valence-electron chi connectivity index (χ2n) is 1.66. The molecule has 0 unspecified atom stereocenters. The molecule has 0 saturated heterocycles. The van der Waals surface area contributed by atoms with Gasteiger partial charge in [0.25, 0.3) is 0 Å². The molecule has 0 amide bonds. The van der Waals surface area contributed by atoms with E-state index in [9.17, 15) is 17.4 Å².